The Hall–Kier alpha value is -2.78. The number of rotatable bonds is 6. The highest BCUT2D eigenvalue weighted by atomic mass is 32.2. The monoisotopic (exact) mass is 416 g/mol. The maximum Gasteiger partial charge on any atom is 0.243 e. The number of amides is 2. The molecule has 154 valence electrons. The summed E-state index contributed by atoms with van der Waals surface area (Å²) in [4.78, 5) is 27.7. The van der Waals surface area contributed by atoms with E-state index in [4.69, 9.17) is 0 Å². The van der Waals surface area contributed by atoms with Crippen molar-refractivity contribution < 1.29 is 18.0 Å². The summed E-state index contributed by atoms with van der Waals surface area (Å²) in [5.74, 6) is -0.765. The van der Waals surface area contributed by atoms with E-state index >= 15 is 0 Å². The zero-order chi connectivity index (χ0) is 20.9. The fraction of sp³-hybridized carbons (Fsp3) is 0.350. The number of pyridine rings is 1. The van der Waals surface area contributed by atoms with Crippen molar-refractivity contribution in [1.82, 2.24) is 14.6 Å². The highest BCUT2D eigenvalue weighted by molar-refractivity contribution is 7.89. The van der Waals surface area contributed by atoms with E-state index in [1.165, 1.54) is 23.4 Å². The standard InChI is InChI=1S/C20H24N4O4S/c1-15(25)23-18-4-6-19(7-5-18)29(27,28)24-12-2-3-17(14-24)20(26)22-13-16-8-10-21-11-9-16/h4-11,17H,2-3,12-14H2,1H3,(H,22,26)(H,23,25)/t17-/m0/s1. The molecule has 2 N–H and O–H groups in total. The molecular weight excluding hydrogens is 392 g/mol. The second kappa shape index (κ2) is 9.15. The normalized spacial score (nSPS) is 17.5. The van der Waals surface area contributed by atoms with Crippen LogP contribution in [0.5, 0.6) is 0 Å². The third-order valence-electron chi connectivity index (χ3n) is 4.78. The molecule has 0 spiro atoms. The number of benzene rings is 1. The van der Waals surface area contributed by atoms with E-state index < -0.39 is 10.0 Å². The topological polar surface area (TPSA) is 108 Å². The van der Waals surface area contributed by atoms with E-state index in [2.05, 4.69) is 15.6 Å². The predicted octanol–water partition coefficient (Wildman–Crippen LogP) is 1.76. The van der Waals surface area contributed by atoms with Crippen molar-refractivity contribution >= 4 is 27.5 Å². The van der Waals surface area contributed by atoms with Crippen LogP contribution in [0.15, 0.2) is 53.7 Å². The lowest BCUT2D eigenvalue weighted by atomic mass is 9.99. The Labute approximate surface area is 170 Å². The zero-order valence-electron chi connectivity index (χ0n) is 16.2. The van der Waals surface area contributed by atoms with Crippen LogP contribution in [0.2, 0.25) is 0 Å². The molecule has 1 aliphatic rings. The number of carbonyl (C=O) groups excluding carboxylic acids is 2. The molecule has 0 bridgehead atoms. The molecule has 9 heteroatoms. The number of hydrogen-bond acceptors (Lipinski definition) is 5. The van der Waals surface area contributed by atoms with Crippen molar-refractivity contribution in [2.24, 2.45) is 5.92 Å². The van der Waals surface area contributed by atoms with Gasteiger partial charge in [-0.2, -0.15) is 4.31 Å². The Morgan fingerprint density at radius 1 is 1.14 bits per heavy atom. The van der Waals surface area contributed by atoms with Gasteiger partial charge in [-0.1, -0.05) is 0 Å². The molecule has 0 radical (unpaired) electrons. The van der Waals surface area contributed by atoms with Crippen molar-refractivity contribution in [2.75, 3.05) is 18.4 Å². The van der Waals surface area contributed by atoms with Gasteiger partial charge in [-0.15, -0.1) is 0 Å². The zero-order valence-corrected chi connectivity index (χ0v) is 17.0. The highest BCUT2D eigenvalue weighted by Gasteiger charge is 2.33. The van der Waals surface area contributed by atoms with Gasteiger partial charge in [0, 0.05) is 44.6 Å². The molecule has 1 fully saturated rings. The Bertz CT molecular complexity index is 962. The number of anilines is 1. The first-order valence-corrected chi connectivity index (χ1v) is 10.8. The van der Waals surface area contributed by atoms with Crippen LogP contribution in [0.4, 0.5) is 5.69 Å². The molecule has 1 aliphatic heterocycles. The molecule has 1 aromatic heterocycles. The van der Waals surface area contributed by atoms with Crippen molar-refractivity contribution in [3.05, 3.63) is 54.4 Å². The van der Waals surface area contributed by atoms with Gasteiger partial charge in [0.2, 0.25) is 21.8 Å². The van der Waals surface area contributed by atoms with Gasteiger partial charge in [0.25, 0.3) is 0 Å². The summed E-state index contributed by atoms with van der Waals surface area (Å²) in [6.45, 7) is 2.30. The lowest BCUT2D eigenvalue weighted by molar-refractivity contribution is -0.126. The summed E-state index contributed by atoms with van der Waals surface area (Å²) in [5, 5.41) is 5.49. The first-order chi connectivity index (χ1) is 13.9. The van der Waals surface area contributed by atoms with Crippen LogP contribution in [0.1, 0.15) is 25.3 Å². The van der Waals surface area contributed by atoms with E-state index in [1.807, 2.05) is 12.1 Å². The number of piperidine rings is 1. The first kappa shape index (κ1) is 20.9. The summed E-state index contributed by atoms with van der Waals surface area (Å²) in [6, 6.07) is 9.68. The molecule has 3 rings (SSSR count). The van der Waals surface area contributed by atoms with Crippen LogP contribution in [0.25, 0.3) is 0 Å². The maximum absolute atomic E-state index is 13.0. The van der Waals surface area contributed by atoms with Gasteiger partial charge >= 0.3 is 0 Å². The Kier molecular flexibility index (Phi) is 6.60. The molecule has 1 atom stereocenters. The Balaban J connectivity index is 1.64. The van der Waals surface area contributed by atoms with E-state index in [9.17, 15) is 18.0 Å². The van der Waals surface area contributed by atoms with Crippen LogP contribution >= 0.6 is 0 Å². The predicted molar refractivity (Wildman–Crippen MR) is 108 cm³/mol. The molecule has 8 nitrogen and oxygen atoms in total. The third kappa shape index (κ3) is 5.39. The lowest BCUT2D eigenvalue weighted by Gasteiger charge is -2.31. The fourth-order valence-corrected chi connectivity index (χ4v) is 4.80. The first-order valence-electron chi connectivity index (χ1n) is 9.40. The molecular formula is C20H24N4O4S. The molecule has 2 amide bonds. The van der Waals surface area contributed by atoms with Crippen LogP contribution in [-0.2, 0) is 26.2 Å². The number of aromatic nitrogens is 1. The van der Waals surface area contributed by atoms with E-state index in [0.29, 0.717) is 31.6 Å². The molecule has 0 unspecified atom stereocenters. The molecule has 29 heavy (non-hydrogen) atoms. The summed E-state index contributed by atoms with van der Waals surface area (Å²) >= 11 is 0. The van der Waals surface area contributed by atoms with Crippen LogP contribution in [0, 0.1) is 5.92 Å². The largest absolute Gasteiger partial charge is 0.352 e. The van der Waals surface area contributed by atoms with Gasteiger partial charge in [0.1, 0.15) is 0 Å². The molecule has 2 aromatic rings. The second-order valence-electron chi connectivity index (χ2n) is 6.98. The van der Waals surface area contributed by atoms with Gasteiger partial charge in [0.15, 0.2) is 0 Å². The average Bonchev–Trinajstić information content (AvgIpc) is 2.73. The summed E-state index contributed by atoms with van der Waals surface area (Å²) in [7, 11) is -3.71. The number of carbonyl (C=O) groups is 2. The number of nitrogens with one attached hydrogen (secondary N) is 2. The molecule has 1 saturated heterocycles. The summed E-state index contributed by atoms with van der Waals surface area (Å²) < 4.78 is 27.3. The number of sulfonamides is 1. The molecule has 2 heterocycles. The molecule has 1 aromatic carbocycles. The Morgan fingerprint density at radius 2 is 1.83 bits per heavy atom. The minimum Gasteiger partial charge on any atom is -0.352 e. The van der Waals surface area contributed by atoms with Crippen molar-refractivity contribution in [3.63, 3.8) is 0 Å². The third-order valence-corrected chi connectivity index (χ3v) is 6.66. The van der Waals surface area contributed by atoms with Crippen LogP contribution in [-0.4, -0.2) is 42.6 Å². The Morgan fingerprint density at radius 3 is 2.48 bits per heavy atom. The van der Waals surface area contributed by atoms with Gasteiger partial charge in [-0.05, 0) is 54.8 Å². The summed E-state index contributed by atoms with van der Waals surface area (Å²) in [6.07, 6.45) is 4.59. The van der Waals surface area contributed by atoms with Gasteiger partial charge in [0.05, 0.1) is 10.8 Å². The van der Waals surface area contributed by atoms with E-state index in [-0.39, 0.29) is 29.2 Å². The van der Waals surface area contributed by atoms with Crippen LogP contribution < -0.4 is 10.6 Å². The van der Waals surface area contributed by atoms with Crippen LogP contribution in [0.3, 0.4) is 0 Å². The molecule has 0 aliphatic carbocycles. The van der Waals surface area contributed by atoms with E-state index in [0.717, 1.165) is 5.56 Å². The van der Waals surface area contributed by atoms with Crippen molar-refractivity contribution in [1.29, 1.82) is 0 Å². The SMILES string of the molecule is CC(=O)Nc1ccc(S(=O)(=O)N2CCC[C@H](C(=O)NCc3ccncc3)C2)cc1. The highest BCUT2D eigenvalue weighted by Crippen LogP contribution is 2.25. The second-order valence-corrected chi connectivity index (χ2v) is 8.92. The average molecular weight is 417 g/mol. The van der Waals surface area contributed by atoms with Crippen molar-refractivity contribution in [2.45, 2.75) is 31.2 Å². The van der Waals surface area contributed by atoms with E-state index in [1.54, 1.807) is 24.5 Å². The van der Waals surface area contributed by atoms with Gasteiger partial charge < -0.3 is 10.6 Å². The number of hydrogen-bond donors (Lipinski definition) is 2. The molecule has 0 saturated carbocycles. The minimum absolute atomic E-state index is 0.143. The smallest absolute Gasteiger partial charge is 0.243 e. The fourth-order valence-electron chi connectivity index (χ4n) is 3.27. The quantitative estimate of drug-likeness (QED) is 0.746. The maximum atomic E-state index is 13.0. The lowest BCUT2D eigenvalue weighted by Crippen LogP contribution is -2.45. The minimum atomic E-state index is -3.71. The summed E-state index contributed by atoms with van der Waals surface area (Å²) in [5.41, 5.74) is 1.47. The van der Waals surface area contributed by atoms with Gasteiger partial charge in [-0.25, -0.2) is 8.42 Å². The van der Waals surface area contributed by atoms with Crippen molar-refractivity contribution in [3.8, 4) is 0 Å². The van der Waals surface area contributed by atoms with Gasteiger partial charge in [-0.3, -0.25) is 14.6 Å². The number of nitrogens with zero attached hydrogens (tertiary/aromatic N) is 2.